The SMILES string of the molecule is CCOc1ccccc1N1C(=O)C(Nc2cccc3ccccc23)=C(c2ccc(C)c(C)c2)C1=O. The van der Waals surface area contributed by atoms with Crippen LogP contribution in [0.1, 0.15) is 23.6 Å². The second-order valence-electron chi connectivity index (χ2n) is 8.55. The number of nitrogens with one attached hydrogen (secondary N) is 1. The summed E-state index contributed by atoms with van der Waals surface area (Å²) in [7, 11) is 0. The minimum absolute atomic E-state index is 0.251. The van der Waals surface area contributed by atoms with E-state index >= 15 is 0 Å². The maximum atomic E-state index is 13.9. The van der Waals surface area contributed by atoms with E-state index in [-0.39, 0.29) is 11.6 Å². The standard InChI is InChI=1S/C30H26N2O3/c1-4-35-26-15-8-7-14-25(26)32-29(33)27(22-17-16-19(2)20(3)18-22)28(30(32)34)31-24-13-9-11-21-10-5-6-12-23(21)24/h5-18,31H,4H2,1-3H3. The van der Waals surface area contributed by atoms with Crippen molar-refractivity contribution in [1.29, 1.82) is 0 Å². The van der Waals surface area contributed by atoms with Crippen molar-refractivity contribution in [3.05, 3.63) is 107 Å². The highest BCUT2D eigenvalue weighted by molar-refractivity contribution is 6.46. The Morgan fingerprint density at radius 3 is 2.34 bits per heavy atom. The number of hydrogen-bond acceptors (Lipinski definition) is 4. The summed E-state index contributed by atoms with van der Waals surface area (Å²) in [6, 6.07) is 26.8. The lowest BCUT2D eigenvalue weighted by Gasteiger charge is -2.19. The third kappa shape index (κ3) is 3.95. The largest absolute Gasteiger partial charge is 0.492 e. The molecule has 0 fully saturated rings. The Morgan fingerprint density at radius 1 is 0.800 bits per heavy atom. The maximum absolute atomic E-state index is 13.9. The van der Waals surface area contributed by atoms with Gasteiger partial charge in [0.1, 0.15) is 11.4 Å². The number of benzene rings is 4. The molecule has 5 heteroatoms. The van der Waals surface area contributed by atoms with Crippen molar-refractivity contribution in [2.45, 2.75) is 20.8 Å². The monoisotopic (exact) mass is 462 g/mol. The van der Waals surface area contributed by atoms with Crippen LogP contribution in [0.3, 0.4) is 0 Å². The molecule has 0 saturated carbocycles. The van der Waals surface area contributed by atoms with E-state index in [1.165, 1.54) is 4.90 Å². The van der Waals surface area contributed by atoms with Crippen molar-refractivity contribution in [2.75, 3.05) is 16.8 Å². The number of aryl methyl sites for hydroxylation is 2. The molecule has 0 unspecified atom stereocenters. The van der Waals surface area contributed by atoms with Crippen LogP contribution < -0.4 is 15.0 Å². The average Bonchev–Trinajstić information content (AvgIpc) is 3.11. The summed E-state index contributed by atoms with van der Waals surface area (Å²) in [6.45, 7) is 6.32. The van der Waals surface area contributed by atoms with E-state index < -0.39 is 5.91 Å². The van der Waals surface area contributed by atoms with Crippen molar-refractivity contribution in [2.24, 2.45) is 0 Å². The van der Waals surface area contributed by atoms with Crippen molar-refractivity contribution in [3.63, 3.8) is 0 Å². The first-order valence-corrected chi connectivity index (χ1v) is 11.7. The number of carbonyl (C=O) groups excluding carboxylic acids is 2. The second kappa shape index (κ2) is 9.11. The molecule has 0 saturated heterocycles. The van der Waals surface area contributed by atoms with Crippen LogP contribution in [0.5, 0.6) is 5.75 Å². The molecule has 174 valence electrons. The molecule has 4 aromatic carbocycles. The van der Waals surface area contributed by atoms with E-state index in [4.69, 9.17) is 4.74 Å². The lowest BCUT2D eigenvalue weighted by molar-refractivity contribution is -0.120. The van der Waals surface area contributed by atoms with Gasteiger partial charge in [0.15, 0.2) is 0 Å². The fourth-order valence-electron chi connectivity index (χ4n) is 4.42. The third-order valence-corrected chi connectivity index (χ3v) is 6.33. The maximum Gasteiger partial charge on any atom is 0.282 e. The van der Waals surface area contributed by atoms with Crippen molar-refractivity contribution >= 4 is 39.5 Å². The van der Waals surface area contributed by atoms with Crippen molar-refractivity contribution in [3.8, 4) is 5.75 Å². The number of fused-ring (bicyclic) bond motifs is 1. The van der Waals surface area contributed by atoms with Gasteiger partial charge in [-0.05, 0) is 61.0 Å². The predicted molar refractivity (Wildman–Crippen MR) is 141 cm³/mol. The minimum atomic E-state index is -0.414. The smallest absolute Gasteiger partial charge is 0.282 e. The number of anilines is 2. The Morgan fingerprint density at radius 2 is 1.54 bits per heavy atom. The van der Waals surface area contributed by atoms with Gasteiger partial charge in [-0.3, -0.25) is 9.59 Å². The molecule has 0 spiro atoms. The molecule has 1 N–H and O–H groups in total. The summed E-state index contributed by atoms with van der Waals surface area (Å²) in [5, 5.41) is 5.34. The zero-order valence-corrected chi connectivity index (χ0v) is 20.0. The van der Waals surface area contributed by atoms with Gasteiger partial charge < -0.3 is 10.1 Å². The van der Waals surface area contributed by atoms with Gasteiger partial charge in [-0.15, -0.1) is 0 Å². The Hall–Kier alpha value is -4.38. The molecule has 0 aliphatic carbocycles. The first-order valence-electron chi connectivity index (χ1n) is 11.7. The molecule has 1 aliphatic rings. The number of carbonyl (C=O) groups is 2. The zero-order chi connectivity index (χ0) is 24.5. The highest BCUT2D eigenvalue weighted by atomic mass is 16.5. The van der Waals surface area contributed by atoms with Crippen LogP contribution in [0.25, 0.3) is 16.3 Å². The number of imide groups is 1. The van der Waals surface area contributed by atoms with Crippen molar-refractivity contribution < 1.29 is 14.3 Å². The van der Waals surface area contributed by atoms with Crippen LogP contribution in [0, 0.1) is 13.8 Å². The molecular weight excluding hydrogens is 436 g/mol. The van der Waals surface area contributed by atoms with Crippen LogP contribution >= 0.6 is 0 Å². The van der Waals surface area contributed by atoms with E-state index in [0.717, 1.165) is 27.6 Å². The van der Waals surface area contributed by atoms with Gasteiger partial charge in [-0.2, -0.15) is 0 Å². The normalized spacial score (nSPS) is 13.6. The summed E-state index contributed by atoms with van der Waals surface area (Å²) in [6.07, 6.45) is 0. The number of amides is 2. The van der Waals surface area contributed by atoms with Gasteiger partial charge in [0.2, 0.25) is 0 Å². The Labute approximate surface area is 204 Å². The molecule has 1 aliphatic heterocycles. The van der Waals surface area contributed by atoms with Crippen molar-refractivity contribution in [1.82, 2.24) is 0 Å². The molecule has 0 radical (unpaired) electrons. The van der Waals surface area contributed by atoms with Gasteiger partial charge in [0.05, 0.1) is 17.9 Å². The van der Waals surface area contributed by atoms with E-state index in [2.05, 4.69) is 5.32 Å². The fourth-order valence-corrected chi connectivity index (χ4v) is 4.42. The number of ether oxygens (including phenoxy) is 1. The lowest BCUT2D eigenvalue weighted by atomic mass is 9.99. The van der Waals surface area contributed by atoms with E-state index in [0.29, 0.717) is 29.2 Å². The van der Waals surface area contributed by atoms with Crippen LogP contribution in [0.15, 0.2) is 90.6 Å². The summed E-state index contributed by atoms with van der Waals surface area (Å²) in [4.78, 5) is 29.0. The topological polar surface area (TPSA) is 58.6 Å². The molecule has 5 nitrogen and oxygen atoms in total. The second-order valence-corrected chi connectivity index (χ2v) is 8.55. The molecule has 4 aromatic rings. The zero-order valence-electron chi connectivity index (χ0n) is 20.0. The molecule has 35 heavy (non-hydrogen) atoms. The van der Waals surface area contributed by atoms with Gasteiger partial charge in [-0.25, -0.2) is 4.90 Å². The molecular formula is C30H26N2O3. The van der Waals surface area contributed by atoms with Gasteiger partial charge in [0, 0.05) is 11.1 Å². The summed E-state index contributed by atoms with van der Waals surface area (Å²) < 4.78 is 5.75. The molecule has 0 atom stereocenters. The van der Waals surface area contributed by atoms with Gasteiger partial charge in [0.25, 0.3) is 11.8 Å². The quantitative estimate of drug-likeness (QED) is 0.344. The summed E-state index contributed by atoms with van der Waals surface area (Å²) in [5.74, 6) is -0.306. The Balaban J connectivity index is 1.68. The number of rotatable bonds is 6. The van der Waals surface area contributed by atoms with Crippen LogP contribution in [-0.4, -0.2) is 18.4 Å². The molecule has 0 bridgehead atoms. The lowest BCUT2D eigenvalue weighted by Crippen LogP contribution is -2.32. The molecule has 1 heterocycles. The van der Waals surface area contributed by atoms with Gasteiger partial charge in [-0.1, -0.05) is 66.7 Å². The third-order valence-electron chi connectivity index (χ3n) is 6.33. The van der Waals surface area contributed by atoms with E-state index in [9.17, 15) is 9.59 Å². The Bertz CT molecular complexity index is 1500. The van der Waals surface area contributed by atoms with Crippen LogP contribution in [0.4, 0.5) is 11.4 Å². The van der Waals surface area contributed by atoms with Crippen LogP contribution in [-0.2, 0) is 9.59 Å². The highest BCUT2D eigenvalue weighted by Gasteiger charge is 2.41. The highest BCUT2D eigenvalue weighted by Crippen LogP contribution is 2.39. The molecule has 0 aromatic heterocycles. The number of nitrogens with zero attached hydrogens (tertiary/aromatic N) is 1. The number of para-hydroxylation sites is 2. The number of hydrogen-bond donors (Lipinski definition) is 1. The summed E-state index contributed by atoms with van der Waals surface area (Å²) >= 11 is 0. The fraction of sp³-hybridized carbons (Fsp3) is 0.133. The van der Waals surface area contributed by atoms with E-state index in [1.807, 2.05) is 87.5 Å². The van der Waals surface area contributed by atoms with Gasteiger partial charge >= 0.3 is 0 Å². The first-order chi connectivity index (χ1) is 17.0. The minimum Gasteiger partial charge on any atom is -0.492 e. The first kappa shape index (κ1) is 22.4. The Kier molecular flexibility index (Phi) is 5.83. The predicted octanol–water partition coefficient (Wildman–Crippen LogP) is 6.25. The van der Waals surface area contributed by atoms with E-state index in [1.54, 1.807) is 18.2 Å². The summed E-state index contributed by atoms with van der Waals surface area (Å²) in [5.41, 5.74) is 4.66. The van der Waals surface area contributed by atoms with Crippen LogP contribution in [0.2, 0.25) is 0 Å². The average molecular weight is 463 g/mol. The molecule has 2 amide bonds. The molecule has 5 rings (SSSR count).